The Kier molecular flexibility index (Phi) is 4.81. The third-order valence-corrected chi connectivity index (χ3v) is 4.50. The molecule has 1 fully saturated rings. The van der Waals surface area contributed by atoms with Crippen LogP contribution in [0.25, 0.3) is 0 Å². The number of nitrogens with zero attached hydrogens (tertiary/aromatic N) is 1. The van der Waals surface area contributed by atoms with Crippen LogP contribution >= 0.6 is 0 Å². The molecule has 110 valence electrons. The average molecular weight is 274 g/mol. The van der Waals surface area contributed by atoms with Crippen molar-refractivity contribution in [3.63, 3.8) is 0 Å². The summed E-state index contributed by atoms with van der Waals surface area (Å²) in [6.45, 7) is 8.98. The summed E-state index contributed by atoms with van der Waals surface area (Å²) in [5, 5.41) is 3.42. The number of anilines is 1. The molecular weight excluding hydrogens is 248 g/mol. The van der Waals surface area contributed by atoms with E-state index in [0.29, 0.717) is 12.5 Å². The minimum absolute atomic E-state index is 0.236. The van der Waals surface area contributed by atoms with Gasteiger partial charge in [0.25, 0.3) is 0 Å². The molecule has 2 rings (SSSR count). The Balaban J connectivity index is 2.18. The topological polar surface area (TPSA) is 32.3 Å². The molecule has 20 heavy (non-hydrogen) atoms. The molecule has 1 aromatic rings. The van der Waals surface area contributed by atoms with Crippen molar-refractivity contribution in [2.75, 3.05) is 24.5 Å². The third kappa shape index (κ3) is 3.04. The van der Waals surface area contributed by atoms with Crippen molar-refractivity contribution in [2.24, 2.45) is 11.3 Å². The largest absolute Gasteiger partial charge is 0.316 e. The second-order valence-electron chi connectivity index (χ2n) is 6.15. The molecule has 0 aliphatic carbocycles. The molecule has 1 amide bonds. The summed E-state index contributed by atoms with van der Waals surface area (Å²) in [4.78, 5) is 14.9. The number of nitrogens with one attached hydrogen (secondary N) is 1. The molecule has 0 saturated carbocycles. The molecule has 3 heteroatoms. The van der Waals surface area contributed by atoms with E-state index in [0.717, 1.165) is 25.2 Å². The molecule has 1 unspecified atom stereocenters. The van der Waals surface area contributed by atoms with Crippen molar-refractivity contribution < 1.29 is 4.79 Å². The molecule has 0 spiro atoms. The zero-order chi connectivity index (χ0) is 14.6. The van der Waals surface area contributed by atoms with Crippen LogP contribution in [0.3, 0.4) is 0 Å². The van der Waals surface area contributed by atoms with Gasteiger partial charge in [0.2, 0.25) is 5.91 Å². The molecule has 1 aliphatic heterocycles. The zero-order valence-electron chi connectivity index (χ0n) is 12.9. The maximum atomic E-state index is 13.0. The first-order chi connectivity index (χ1) is 9.57. The molecule has 0 radical (unpaired) electrons. The van der Waals surface area contributed by atoms with E-state index in [1.807, 2.05) is 42.2 Å². The number of rotatable bonds is 4. The summed E-state index contributed by atoms with van der Waals surface area (Å²) in [5.41, 5.74) is 0.677. The van der Waals surface area contributed by atoms with Gasteiger partial charge in [0.1, 0.15) is 0 Å². The van der Waals surface area contributed by atoms with Crippen molar-refractivity contribution in [1.29, 1.82) is 0 Å². The Morgan fingerprint density at radius 3 is 2.60 bits per heavy atom. The van der Waals surface area contributed by atoms with E-state index in [2.05, 4.69) is 19.2 Å². The van der Waals surface area contributed by atoms with E-state index in [1.54, 1.807) is 0 Å². The lowest BCUT2D eigenvalue weighted by molar-refractivity contribution is -0.129. The highest BCUT2D eigenvalue weighted by atomic mass is 16.2. The lowest BCUT2D eigenvalue weighted by Gasteiger charge is -2.39. The number of piperidine rings is 1. The number of hydrogen-bond donors (Lipinski definition) is 1. The second kappa shape index (κ2) is 6.40. The summed E-state index contributed by atoms with van der Waals surface area (Å²) >= 11 is 0. The molecular formula is C17H26N2O. The molecule has 0 bridgehead atoms. The van der Waals surface area contributed by atoms with E-state index in [1.165, 1.54) is 6.42 Å². The van der Waals surface area contributed by atoms with Gasteiger partial charge in [-0.25, -0.2) is 0 Å². The second-order valence-corrected chi connectivity index (χ2v) is 6.15. The molecule has 1 saturated heterocycles. The minimum Gasteiger partial charge on any atom is -0.316 e. The Morgan fingerprint density at radius 2 is 2.05 bits per heavy atom. The van der Waals surface area contributed by atoms with E-state index < -0.39 is 0 Å². The Hall–Kier alpha value is -1.35. The van der Waals surface area contributed by atoms with Crippen LogP contribution in [0.2, 0.25) is 0 Å². The van der Waals surface area contributed by atoms with Gasteiger partial charge in [0.15, 0.2) is 0 Å². The maximum absolute atomic E-state index is 13.0. The number of hydrogen-bond acceptors (Lipinski definition) is 2. The first kappa shape index (κ1) is 15.0. The van der Waals surface area contributed by atoms with Gasteiger partial charge in [0.05, 0.1) is 0 Å². The van der Waals surface area contributed by atoms with Crippen LogP contribution in [0.4, 0.5) is 5.69 Å². The van der Waals surface area contributed by atoms with E-state index in [-0.39, 0.29) is 11.3 Å². The molecule has 1 atom stereocenters. The smallest absolute Gasteiger partial charge is 0.232 e. The molecule has 0 aromatic heterocycles. The fraction of sp³-hybridized carbons (Fsp3) is 0.588. The monoisotopic (exact) mass is 274 g/mol. The van der Waals surface area contributed by atoms with Crippen LogP contribution in [0, 0.1) is 11.3 Å². The summed E-state index contributed by atoms with van der Waals surface area (Å²) in [6, 6.07) is 9.98. The van der Waals surface area contributed by atoms with E-state index in [9.17, 15) is 4.79 Å². The molecule has 1 heterocycles. The molecule has 3 nitrogen and oxygen atoms in total. The lowest BCUT2D eigenvalue weighted by atomic mass is 9.74. The number of carbonyl (C=O) groups is 1. The third-order valence-electron chi connectivity index (χ3n) is 4.50. The summed E-state index contributed by atoms with van der Waals surface area (Å²) in [5.74, 6) is 0.654. The normalized spacial score (nSPS) is 19.6. The quantitative estimate of drug-likeness (QED) is 0.915. The fourth-order valence-electron chi connectivity index (χ4n) is 3.04. The van der Waals surface area contributed by atoms with Crippen molar-refractivity contribution in [3.8, 4) is 0 Å². The van der Waals surface area contributed by atoms with Gasteiger partial charge in [-0.2, -0.15) is 0 Å². The minimum atomic E-state index is -0.320. The van der Waals surface area contributed by atoms with Crippen molar-refractivity contribution in [3.05, 3.63) is 30.3 Å². The van der Waals surface area contributed by atoms with Gasteiger partial charge >= 0.3 is 0 Å². The van der Waals surface area contributed by atoms with Gasteiger partial charge < -0.3 is 10.2 Å². The molecule has 1 N–H and O–H groups in total. The SMILES string of the molecule is CCN(C(=O)C(C)(C)C1CCCNC1)c1ccccc1. The van der Waals surface area contributed by atoms with Gasteiger partial charge in [-0.15, -0.1) is 0 Å². The number of para-hydroxylation sites is 1. The first-order valence-corrected chi connectivity index (χ1v) is 7.65. The van der Waals surface area contributed by atoms with Gasteiger partial charge in [0, 0.05) is 17.6 Å². The number of benzene rings is 1. The van der Waals surface area contributed by atoms with Crippen molar-refractivity contribution >= 4 is 11.6 Å². The predicted octanol–water partition coefficient (Wildman–Crippen LogP) is 3.07. The van der Waals surface area contributed by atoms with Crippen LogP contribution in [-0.2, 0) is 4.79 Å². The van der Waals surface area contributed by atoms with Crippen LogP contribution in [0.1, 0.15) is 33.6 Å². The van der Waals surface area contributed by atoms with Crippen LogP contribution in [-0.4, -0.2) is 25.5 Å². The highest BCUT2D eigenvalue weighted by molar-refractivity contribution is 5.97. The predicted molar refractivity (Wildman–Crippen MR) is 83.8 cm³/mol. The molecule has 1 aromatic carbocycles. The highest BCUT2D eigenvalue weighted by Gasteiger charge is 2.39. The van der Waals surface area contributed by atoms with Crippen molar-refractivity contribution in [2.45, 2.75) is 33.6 Å². The first-order valence-electron chi connectivity index (χ1n) is 7.65. The van der Waals surface area contributed by atoms with Crippen molar-refractivity contribution in [1.82, 2.24) is 5.32 Å². The average Bonchev–Trinajstić information content (AvgIpc) is 2.50. The van der Waals surface area contributed by atoms with E-state index in [4.69, 9.17) is 0 Å². The maximum Gasteiger partial charge on any atom is 0.232 e. The van der Waals surface area contributed by atoms with Crippen LogP contribution < -0.4 is 10.2 Å². The molecule has 1 aliphatic rings. The Labute approximate surface area is 122 Å². The van der Waals surface area contributed by atoms with Crippen LogP contribution in [0.5, 0.6) is 0 Å². The Morgan fingerprint density at radius 1 is 1.35 bits per heavy atom. The fourth-order valence-corrected chi connectivity index (χ4v) is 3.04. The summed E-state index contributed by atoms with van der Waals surface area (Å²) in [6.07, 6.45) is 2.30. The Bertz CT molecular complexity index is 436. The standard InChI is InChI=1S/C17H26N2O/c1-4-19(15-10-6-5-7-11-15)16(20)17(2,3)14-9-8-12-18-13-14/h5-7,10-11,14,18H,4,8-9,12-13H2,1-3H3. The zero-order valence-corrected chi connectivity index (χ0v) is 12.9. The summed E-state index contributed by atoms with van der Waals surface area (Å²) < 4.78 is 0. The van der Waals surface area contributed by atoms with Gasteiger partial charge in [-0.3, -0.25) is 4.79 Å². The summed E-state index contributed by atoms with van der Waals surface area (Å²) in [7, 11) is 0. The van der Waals surface area contributed by atoms with Gasteiger partial charge in [-0.05, 0) is 50.9 Å². The van der Waals surface area contributed by atoms with Crippen LogP contribution in [0.15, 0.2) is 30.3 Å². The number of amides is 1. The van der Waals surface area contributed by atoms with E-state index >= 15 is 0 Å². The van der Waals surface area contributed by atoms with Gasteiger partial charge in [-0.1, -0.05) is 32.0 Å². The number of carbonyl (C=O) groups excluding carboxylic acids is 1. The lowest BCUT2D eigenvalue weighted by Crippen LogP contribution is -2.49. The highest BCUT2D eigenvalue weighted by Crippen LogP contribution is 2.35.